The van der Waals surface area contributed by atoms with Crippen LogP contribution >= 0.6 is 0 Å². The fourth-order valence-corrected chi connectivity index (χ4v) is 1.41. The van der Waals surface area contributed by atoms with Gasteiger partial charge in [0.1, 0.15) is 5.82 Å². The lowest BCUT2D eigenvalue weighted by Gasteiger charge is -2.23. The van der Waals surface area contributed by atoms with Crippen molar-refractivity contribution < 1.29 is 36.5 Å². The smallest absolute Gasteiger partial charge is 0.336 e. The number of alkyl halides is 4. The minimum absolute atomic E-state index is 0.115. The molecule has 0 aliphatic rings. The Morgan fingerprint density at radius 1 is 1.11 bits per heavy atom. The zero-order valence-corrected chi connectivity index (χ0v) is 9.96. The number of rotatable bonds is 5. The van der Waals surface area contributed by atoms with Crippen LogP contribution in [0.4, 0.5) is 22.0 Å². The molecule has 8 heteroatoms. The summed E-state index contributed by atoms with van der Waals surface area (Å²) in [6, 6.07) is 1.36. The van der Waals surface area contributed by atoms with Crippen LogP contribution in [0.15, 0.2) is 12.1 Å². The average molecular weight is 286 g/mol. The fourth-order valence-electron chi connectivity index (χ4n) is 1.41. The van der Waals surface area contributed by atoms with E-state index in [1.807, 2.05) is 0 Å². The van der Waals surface area contributed by atoms with E-state index in [0.717, 1.165) is 7.11 Å². The first-order valence-electron chi connectivity index (χ1n) is 5.01. The molecule has 1 unspecified atom stereocenters. The van der Waals surface area contributed by atoms with Crippen molar-refractivity contribution in [2.24, 2.45) is 0 Å². The van der Waals surface area contributed by atoms with Crippen LogP contribution in [0.5, 0.6) is 11.5 Å². The zero-order chi connectivity index (χ0) is 14.8. The van der Waals surface area contributed by atoms with E-state index >= 15 is 0 Å². The number of benzene rings is 1. The van der Waals surface area contributed by atoms with E-state index in [1.54, 1.807) is 0 Å². The van der Waals surface area contributed by atoms with Gasteiger partial charge in [0.2, 0.25) is 0 Å². The maximum atomic E-state index is 13.5. The molecule has 0 radical (unpaired) electrons. The first-order valence-corrected chi connectivity index (χ1v) is 5.01. The Morgan fingerprint density at radius 3 is 2.00 bits per heavy atom. The Morgan fingerprint density at radius 2 is 1.58 bits per heavy atom. The number of hydrogen-bond acceptors (Lipinski definition) is 3. The van der Waals surface area contributed by atoms with Crippen LogP contribution in [0.2, 0.25) is 0 Å². The van der Waals surface area contributed by atoms with Gasteiger partial charge in [-0.15, -0.1) is 0 Å². The van der Waals surface area contributed by atoms with Crippen molar-refractivity contribution in [1.82, 2.24) is 0 Å². The van der Waals surface area contributed by atoms with Gasteiger partial charge in [-0.1, -0.05) is 0 Å². The van der Waals surface area contributed by atoms with E-state index in [1.165, 1.54) is 7.11 Å². The predicted octanol–water partition coefficient (Wildman–Crippen LogP) is 2.78. The van der Waals surface area contributed by atoms with Gasteiger partial charge in [0, 0.05) is 11.6 Å². The fraction of sp³-hybridized carbons (Fsp3) is 0.455. The summed E-state index contributed by atoms with van der Waals surface area (Å²) in [5.74, 6) is -6.36. The van der Waals surface area contributed by atoms with Crippen molar-refractivity contribution in [2.75, 3.05) is 14.2 Å². The third-order valence-electron chi connectivity index (χ3n) is 2.45. The Balaban J connectivity index is 3.28. The largest absolute Gasteiger partial charge is 0.493 e. The number of methoxy groups -OCH3 is 2. The summed E-state index contributed by atoms with van der Waals surface area (Å²) in [7, 11) is 2.33. The van der Waals surface area contributed by atoms with E-state index in [2.05, 4.69) is 0 Å². The van der Waals surface area contributed by atoms with Gasteiger partial charge in [0.05, 0.1) is 14.2 Å². The summed E-state index contributed by atoms with van der Waals surface area (Å²) in [5.41, 5.74) is -0.997. The molecule has 1 aromatic rings. The quantitative estimate of drug-likeness (QED) is 0.846. The molecular weight excluding hydrogens is 275 g/mol. The molecule has 0 heterocycles. The third kappa shape index (κ3) is 2.89. The van der Waals surface area contributed by atoms with Crippen LogP contribution in [0.25, 0.3) is 0 Å². The van der Waals surface area contributed by atoms with Crippen LogP contribution in [-0.4, -0.2) is 31.7 Å². The maximum absolute atomic E-state index is 13.5. The van der Waals surface area contributed by atoms with Crippen LogP contribution < -0.4 is 9.47 Å². The molecule has 0 bridgehead atoms. The van der Waals surface area contributed by atoms with Gasteiger partial charge in [-0.2, -0.15) is 8.78 Å². The number of aliphatic hydroxyl groups is 1. The standard InChI is InChI=1S/C11H11F5O3/c1-18-7-3-5(6(12)4-8(7)19-2)9(17)11(15,16)10(13)14/h3-4,9-10,17H,1-2H3. The zero-order valence-electron chi connectivity index (χ0n) is 9.96. The van der Waals surface area contributed by atoms with Crippen LogP contribution in [0.3, 0.4) is 0 Å². The molecule has 0 amide bonds. The molecule has 0 aromatic heterocycles. The lowest BCUT2D eigenvalue weighted by molar-refractivity contribution is -0.194. The van der Waals surface area contributed by atoms with Crippen molar-refractivity contribution in [3.63, 3.8) is 0 Å². The summed E-state index contributed by atoms with van der Waals surface area (Å²) in [6.07, 6.45) is -7.12. The predicted molar refractivity (Wildman–Crippen MR) is 55.4 cm³/mol. The van der Waals surface area contributed by atoms with Crippen molar-refractivity contribution >= 4 is 0 Å². The van der Waals surface area contributed by atoms with Gasteiger partial charge in [-0.25, -0.2) is 13.2 Å². The van der Waals surface area contributed by atoms with Crippen LogP contribution in [0.1, 0.15) is 11.7 Å². The molecule has 0 spiro atoms. The molecule has 1 atom stereocenters. The number of aliphatic hydroxyl groups excluding tert-OH is 1. The van der Waals surface area contributed by atoms with Gasteiger partial charge in [0.15, 0.2) is 17.6 Å². The number of ether oxygens (including phenoxy) is 2. The second-order valence-corrected chi connectivity index (χ2v) is 3.61. The lowest BCUT2D eigenvalue weighted by atomic mass is 10.0. The van der Waals surface area contributed by atoms with Gasteiger partial charge < -0.3 is 14.6 Å². The first-order chi connectivity index (χ1) is 8.75. The van der Waals surface area contributed by atoms with Gasteiger partial charge in [-0.3, -0.25) is 0 Å². The highest BCUT2D eigenvalue weighted by molar-refractivity contribution is 5.44. The number of halogens is 5. The summed E-state index contributed by atoms with van der Waals surface area (Å²) in [5, 5.41) is 9.22. The van der Waals surface area contributed by atoms with Gasteiger partial charge >= 0.3 is 12.3 Å². The molecule has 0 saturated heterocycles. The Hall–Kier alpha value is -1.57. The summed E-state index contributed by atoms with van der Waals surface area (Å²) < 4.78 is 73.2. The highest BCUT2D eigenvalue weighted by Crippen LogP contribution is 2.40. The summed E-state index contributed by atoms with van der Waals surface area (Å²) in [4.78, 5) is 0. The molecule has 0 aliphatic heterocycles. The molecule has 1 N–H and O–H groups in total. The highest BCUT2D eigenvalue weighted by atomic mass is 19.3. The molecule has 19 heavy (non-hydrogen) atoms. The average Bonchev–Trinajstić information content (AvgIpc) is 2.37. The molecule has 3 nitrogen and oxygen atoms in total. The second kappa shape index (κ2) is 5.60. The van der Waals surface area contributed by atoms with E-state index in [-0.39, 0.29) is 11.5 Å². The van der Waals surface area contributed by atoms with Gasteiger partial charge in [-0.05, 0) is 6.07 Å². The highest BCUT2D eigenvalue weighted by Gasteiger charge is 2.49. The van der Waals surface area contributed by atoms with Crippen LogP contribution in [-0.2, 0) is 0 Å². The van der Waals surface area contributed by atoms with Crippen LogP contribution in [0, 0.1) is 5.82 Å². The SMILES string of the molecule is COc1cc(F)c(C(O)C(F)(F)C(F)F)cc1OC. The van der Waals surface area contributed by atoms with Crippen molar-refractivity contribution in [1.29, 1.82) is 0 Å². The number of hydrogen-bond donors (Lipinski definition) is 1. The monoisotopic (exact) mass is 286 g/mol. The molecule has 0 saturated carbocycles. The third-order valence-corrected chi connectivity index (χ3v) is 2.45. The lowest BCUT2D eigenvalue weighted by Crippen LogP contribution is -2.34. The second-order valence-electron chi connectivity index (χ2n) is 3.61. The van der Waals surface area contributed by atoms with E-state index in [9.17, 15) is 27.1 Å². The Kier molecular flexibility index (Phi) is 4.56. The van der Waals surface area contributed by atoms with E-state index in [0.29, 0.717) is 12.1 Å². The van der Waals surface area contributed by atoms with E-state index in [4.69, 9.17) is 9.47 Å². The Bertz CT molecular complexity index is 450. The van der Waals surface area contributed by atoms with Crippen molar-refractivity contribution in [3.05, 3.63) is 23.5 Å². The Labute approximate surface area is 105 Å². The molecule has 0 fully saturated rings. The van der Waals surface area contributed by atoms with Gasteiger partial charge in [0.25, 0.3) is 0 Å². The topological polar surface area (TPSA) is 38.7 Å². The molecular formula is C11H11F5O3. The molecule has 1 rings (SSSR count). The minimum Gasteiger partial charge on any atom is -0.493 e. The minimum atomic E-state index is -4.78. The van der Waals surface area contributed by atoms with Crippen molar-refractivity contribution in [3.8, 4) is 11.5 Å². The maximum Gasteiger partial charge on any atom is 0.336 e. The molecule has 0 aliphatic carbocycles. The van der Waals surface area contributed by atoms with Crippen molar-refractivity contribution in [2.45, 2.75) is 18.5 Å². The molecule has 108 valence electrons. The molecule has 1 aromatic carbocycles. The normalized spacial score (nSPS) is 13.5. The summed E-state index contributed by atoms with van der Waals surface area (Å²) >= 11 is 0. The first kappa shape index (κ1) is 15.5. The van der Waals surface area contributed by atoms with E-state index < -0.39 is 29.8 Å². The summed E-state index contributed by atoms with van der Waals surface area (Å²) in [6.45, 7) is 0.